The van der Waals surface area contributed by atoms with E-state index >= 15 is 0 Å². The number of hydrogen-bond acceptors (Lipinski definition) is 4. The van der Waals surface area contributed by atoms with Crippen LogP contribution in [0.25, 0.3) is 0 Å². The summed E-state index contributed by atoms with van der Waals surface area (Å²) in [7, 11) is 0. The molecule has 2 rings (SSSR count). The van der Waals surface area contributed by atoms with E-state index in [-0.39, 0.29) is 0 Å². The lowest BCUT2D eigenvalue weighted by Gasteiger charge is -2.15. The highest BCUT2D eigenvalue weighted by atomic mass is 15.8. The van der Waals surface area contributed by atoms with Crippen LogP contribution < -0.4 is 16.1 Å². The Bertz CT molecular complexity index is 308. The molecule has 1 aliphatic heterocycles. The maximum atomic E-state index is 3.82. The number of para-hydroxylation sites is 1. The third-order valence-corrected chi connectivity index (χ3v) is 1.78. The van der Waals surface area contributed by atoms with Gasteiger partial charge in [0.25, 0.3) is 0 Å². The lowest BCUT2D eigenvalue weighted by atomic mass is 10.2. The van der Waals surface area contributed by atoms with Gasteiger partial charge in [-0.15, -0.1) is 5.53 Å². The van der Waals surface area contributed by atoms with Crippen molar-refractivity contribution in [2.75, 3.05) is 5.01 Å². The molecule has 1 aromatic carbocycles. The van der Waals surface area contributed by atoms with E-state index in [9.17, 15) is 0 Å². The lowest BCUT2D eigenvalue weighted by molar-refractivity contribution is 0.623. The Kier molecular flexibility index (Phi) is 1.68. The molecular weight excluding hydrogens is 152 g/mol. The van der Waals surface area contributed by atoms with E-state index < -0.39 is 0 Å². The largest absolute Gasteiger partial charge is 0.245 e. The van der Waals surface area contributed by atoms with E-state index in [0.717, 1.165) is 5.69 Å². The number of nitrogens with zero attached hydrogens (tertiary/aromatic N) is 2. The normalized spacial score (nSPS) is 14.9. The average Bonchev–Trinajstić information content (AvgIpc) is 2.57. The van der Waals surface area contributed by atoms with Gasteiger partial charge in [0.1, 0.15) is 6.34 Å². The van der Waals surface area contributed by atoms with Gasteiger partial charge in [0.2, 0.25) is 0 Å². The van der Waals surface area contributed by atoms with Gasteiger partial charge in [-0.3, -0.25) is 0 Å². The van der Waals surface area contributed by atoms with Crippen LogP contribution in [0.2, 0.25) is 0 Å². The Morgan fingerprint density at radius 2 is 2.17 bits per heavy atom. The molecule has 1 aromatic rings. The predicted octanol–water partition coefficient (Wildman–Crippen LogP) is 0.768. The third kappa shape index (κ3) is 1.12. The monoisotopic (exact) mass is 162 g/mol. The van der Waals surface area contributed by atoms with Gasteiger partial charge in [0.05, 0.1) is 5.69 Å². The fourth-order valence-corrected chi connectivity index (χ4v) is 1.15. The first kappa shape index (κ1) is 7.12. The third-order valence-electron chi connectivity index (χ3n) is 1.78. The van der Waals surface area contributed by atoms with Crippen molar-refractivity contribution in [2.24, 2.45) is 5.10 Å². The Morgan fingerprint density at radius 3 is 2.83 bits per heavy atom. The van der Waals surface area contributed by atoms with Crippen LogP contribution in [0.3, 0.4) is 0 Å². The van der Waals surface area contributed by atoms with Crippen LogP contribution >= 0.6 is 0 Å². The molecule has 0 fully saturated rings. The van der Waals surface area contributed by atoms with Gasteiger partial charge in [-0.2, -0.15) is 5.10 Å². The van der Waals surface area contributed by atoms with E-state index in [1.165, 1.54) is 5.56 Å². The highest BCUT2D eigenvalue weighted by Crippen LogP contribution is 2.16. The lowest BCUT2D eigenvalue weighted by Crippen LogP contribution is -2.37. The van der Waals surface area contributed by atoms with Crippen LogP contribution in [-0.2, 0) is 0 Å². The zero-order valence-electron chi connectivity index (χ0n) is 6.78. The van der Waals surface area contributed by atoms with Gasteiger partial charge in [-0.25, -0.2) is 10.5 Å². The molecule has 2 N–H and O–H groups in total. The van der Waals surface area contributed by atoms with Crippen LogP contribution in [-0.4, -0.2) is 6.34 Å². The van der Waals surface area contributed by atoms with Gasteiger partial charge < -0.3 is 0 Å². The van der Waals surface area contributed by atoms with Crippen molar-refractivity contribution in [3.05, 3.63) is 29.8 Å². The summed E-state index contributed by atoms with van der Waals surface area (Å²) in [5.74, 6) is 0. The van der Waals surface area contributed by atoms with Crippen LogP contribution in [0.5, 0.6) is 0 Å². The zero-order valence-corrected chi connectivity index (χ0v) is 6.78. The minimum absolute atomic E-state index is 1.10. The molecule has 4 heteroatoms. The van der Waals surface area contributed by atoms with Gasteiger partial charge >= 0.3 is 0 Å². The van der Waals surface area contributed by atoms with E-state index in [1.807, 2.05) is 23.2 Å². The second-order valence-electron chi connectivity index (χ2n) is 2.62. The minimum atomic E-state index is 1.10. The van der Waals surface area contributed by atoms with Crippen LogP contribution in [0.15, 0.2) is 29.4 Å². The molecule has 0 saturated heterocycles. The molecule has 0 atom stereocenters. The summed E-state index contributed by atoms with van der Waals surface area (Å²) >= 11 is 0. The standard InChI is InChI=1S/C8H10N4/c1-7-4-2-3-5-8(7)12-6-9-10-11-12/h2-6,10-11H,1H3. The Labute approximate surface area is 70.8 Å². The van der Waals surface area contributed by atoms with E-state index in [2.05, 4.69) is 29.2 Å². The molecular formula is C8H10N4. The number of hydrazine groups is 2. The second kappa shape index (κ2) is 2.83. The number of hydrogen-bond donors (Lipinski definition) is 2. The van der Waals surface area contributed by atoms with Crippen LogP contribution in [0, 0.1) is 6.92 Å². The Hall–Kier alpha value is -1.55. The van der Waals surface area contributed by atoms with Crippen molar-refractivity contribution in [2.45, 2.75) is 6.92 Å². The van der Waals surface area contributed by atoms with Crippen molar-refractivity contribution in [3.63, 3.8) is 0 Å². The number of hydrazone groups is 1. The molecule has 0 spiro atoms. The first-order valence-corrected chi connectivity index (χ1v) is 3.76. The minimum Gasteiger partial charge on any atom is -0.245 e. The van der Waals surface area contributed by atoms with Crippen molar-refractivity contribution in [1.82, 2.24) is 11.1 Å². The zero-order chi connectivity index (χ0) is 8.39. The molecule has 1 aliphatic rings. The van der Waals surface area contributed by atoms with Crippen molar-refractivity contribution >= 4 is 12.0 Å². The smallest absolute Gasteiger partial charge is 0.133 e. The summed E-state index contributed by atoms with van der Waals surface area (Å²) in [6, 6.07) is 8.10. The number of rotatable bonds is 1. The summed E-state index contributed by atoms with van der Waals surface area (Å²) in [6.45, 7) is 2.06. The predicted molar refractivity (Wildman–Crippen MR) is 48.4 cm³/mol. The molecule has 0 amide bonds. The van der Waals surface area contributed by atoms with Crippen LogP contribution in [0.4, 0.5) is 5.69 Å². The molecule has 0 bridgehead atoms. The van der Waals surface area contributed by atoms with Gasteiger partial charge in [0.15, 0.2) is 0 Å². The summed E-state index contributed by atoms with van der Waals surface area (Å²) in [6.07, 6.45) is 1.70. The topological polar surface area (TPSA) is 39.7 Å². The maximum absolute atomic E-state index is 3.82. The van der Waals surface area contributed by atoms with Gasteiger partial charge in [-0.1, -0.05) is 18.2 Å². The van der Waals surface area contributed by atoms with Gasteiger partial charge in [0, 0.05) is 0 Å². The fourth-order valence-electron chi connectivity index (χ4n) is 1.15. The molecule has 1 heterocycles. The van der Waals surface area contributed by atoms with Crippen molar-refractivity contribution in [3.8, 4) is 0 Å². The highest BCUT2D eigenvalue weighted by molar-refractivity contribution is 5.80. The Morgan fingerprint density at radius 1 is 1.33 bits per heavy atom. The first-order chi connectivity index (χ1) is 5.88. The molecule has 0 aliphatic carbocycles. The highest BCUT2D eigenvalue weighted by Gasteiger charge is 2.08. The van der Waals surface area contributed by atoms with E-state index in [4.69, 9.17) is 0 Å². The summed E-state index contributed by atoms with van der Waals surface area (Å²) in [4.78, 5) is 0. The molecule has 0 radical (unpaired) electrons. The molecule has 12 heavy (non-hydrogen) atoms. The number of nitrogens with one attached hydrogen (secondary N) is 2. The quantitative estimate of drug-likeness (QED) is 0.640. The van der Waals surface area contributed by atoms with E-state index in [1.54, 1.807) is 6.34 Å². The number of benzene rings is 1. The molecule has 0 saturated carbocycles. The number of aryl methyl sites for hydroxylation is 1. The molecule has 0 unspecified atom stereocenters. The summed E-state index contributed by atoms with van der Waals surface area (Å²) in [5.41, 5.74) is 7.83. The van der Waals surface area contributed by atoms with Crippen molar-refractivity contribution in [1.29, 1.82) is 0 Å². The SMILES string of the molecule is Cc1ccccc1N1C=NNN1. The summed E-state index contributed by atoms with van der Waals surface area (Å²) in [5, 5.41) is 5.65. The second-order valence-corrected chi connectivity index (χ2v) is 2.62. The summed E-state index contributed by atoms with van der Waals surface area (Å²) < 4.78 is 0. The number of anilines is 1. The van der Waals surface area contributed by atoms with E-state index in [0.29, 0.717) is 0 Å². The molecule has 62 valence electrons. The maximum Gasteiger partial charge on any atom is 0.133 e. The van der Waals surface area contributed by atoms with Crippen LogP contribution in [0.1, 0.15) is 5.56 Å². The Balaban J connectivity index is 2.33. The van der Waals surface area contributed by atoms with Crippen molar-refractivity contribution < 1.29 is 0 Å². The average molecular weight is 162 g/mol. The molecule has 0 aromatic heterocycles. The first-order valence-electron chi connectivity index (χ1n) is 3.76. The molecule has 4 nitrogen and oxygen atoms in total. The fraction of sp³-hybridized carbons (Fsp3) is 0.125. The van der Waals surface area contributed by atoms with Gasteiger partial charge in [-0.05, 0) is 18.6 Å².